The maximum absolute atomic E-state index is 8.62. The van der Waals surface area contributed by atoms with Gasteiger partial charge < -0.3 is 9.62 Å². The van der Waals surface area contributed by atoms with Gasteiger partial charge in [0.25, 0.3) is 0 Å². The van der Waals surface area contributed by atoms with Gasteiger partial charge in [-0.05, 0) is 42.5 Å². The molecule has 2 heterocycles. The molecule has 29 heavy (non-hydrogen) atoms. The summed E-state index contributed by atoms with van der Waals surface area (Å²) in [6.07, 6.45) is 5.04. The first-order valence-corrected chi connectivity index (χ1v) is 11.2. The van der Waals surface area contributed by atoms with Crippen molar-refractivity contribution in [2.24, 2.45) is 5.92 Å². The molecule has 0 saturated heterocycles. The van der Waals surface area contributed by atoms with E-state index in [0.717, 1.165) is 54.6 Å². The third-order valence-corrected chi connectivity index (χ3v) is 6.20. The van der Waals surface area contributed by atoms with Gasteiger partial charge in [-0.25, -0.2) is 0 Å². The van der Waals surface area contributed by atoms with Gasteiger partial charge in [0.2, 0.25) is 0 Å². The van der Waals surface area contributed by atoms with Gasteiger partial charge in [0.05, 0.1) is 0 Å². The summed E-state index contributed by atoms with van der Waals surface area (Å²) in [5.41, 5.74) is 4.11. The van der Waals surface area contributed by atoms with Gasteiger partial charge in [0, 0.05) is 41.7 Å². The molecule has 6 nitrogen and oxygen atoms in total. The van der Waals surface area contributed by atoms with Crippen LogP contribution < -0.4 is 15.1 Å². The van der Waals surface area contributed by atoms with E-state index < -0.39 is 0 Å². The Morgan fingerprint density at radius 1 is 1.14 bits per heavy atom. The van der Waals surface area contributed by atoms with E-state index >= 15 is 0 Å². The Bertz CT molecular complexity index is 1160. The molecule has 7 heteroatoms. The molecule has 1 saturated carbocycles. The van der Waals surface area contributed by atoms with E-state index in [0.29, 0.717) is 11.3 Å². The molecule has 0 amide bonds. The van der Waals surface area contributed by atoms with Crippen LogP contribution in [0.3, 0.4) is 0 Å². The Morgan fingerprint density at radius 3 is 2.69 bits per heavy atom. The standard InChI is InChI=1S/C22H24N6S/c1-29-26-17-9-8-14-10-11-27(13-16(14)12-17)22-19-5-3-2-4-18(19)21(24)28(25-22)20(23)15-6-7-15/h2-5,8-9,12,15,23-24,26H,6-7,10-11,13H2,1H3. The molecule has 0 bridgehead atoms. The molecule has 1 aliphatic carbocycles. The van der Waals surface area contributed by atoms with E-state index in [4.69, 9.17) is 15.9 Å². The Hall–Kier alpha value is -2.80. The van der Waals surface area contributed by atoms with E-state index in [1.54, 1.807) is 16.6 Å². The number of nitrogens with zero attached hydrogens (tertiary/aromatic N) is 3. The molecular formula is C22H24N6S. The van der Waals surface area contributed by atoms with E-state index in [9.17, 15) is 0 Å². The normalized spacial score (nSPS) is 16.0. The zero-order valence-electron chi connectivity index (χ0n) is 16.4. The lowest BCUT2D eigenvalue weighted by Crippen LogP contribution is -2.36. The average molecular weight is 405 g/mol. The van der Waals surface area contributed by atoms with Crippen LogP contribution in [0.25, 0.3) is 10.8 Å². The SMILES string of the molecule is CSNc1ccc2c(c1)CN(c1nn(C(=N)C3CC3)c(=N)c3ccccc13)CC2. The van der Waals surface area contributed by atoms with Crippen LogP contribution in [0.2, 0.25) is 0 Å². The predicted molar refractivity (Wildman–Crippen MR) is 120 cm³/mol. The van der Waals surface area contributed by atoms with Gasteiger partial charge in [-0.1, -0.05) is 42.3 Å². The van der Waals surface area contributed by atoms with Gasteiger partial charge >= 0.3 is 0 Å². The quantitative estimate of drug-likeness (QED) is 0.349. The van der Waals surface area contributed by atoms with Gasteiger partial charge in [0.15, 0.2) is 11.3 Å². The van der Waals surface area contributed by atoms with Gasteiger partial charge in [-0.15, -0.1) is 5.10 Å². The molecular weight excluding hydrogens is 380 g/mol. The number of aromatic nitrogens is 2. The molecule has 2 aliphatic rings. The minimum atomic E-state index is 0.243. The highest BCUT2D eigenvalue weighted by Gasteiger charge is 2.30. The van der Waals surface area contributed by atoms with Crippen LogP contribution in [-0.2, 0) is 13.0 Å². The van der Waals surface area contributed by atoms with Crippen LogP contribution in [0.1, 0.15) is 24.0 Å². The number of anilines is 2. The summed E-state index contributed by atoms with van der Waals surface area (Å²) in [4.78, 5) is 2.30. The van der Waals surface area contributed by atoms with Crippen LogP contribution >= 0.6 is 11.9 Å². The van der Waals surface area contributed by atoms with Crippen molar-refractivity contribution in [3.63, 3.8) is 0 Å². The highest BCUT2D eigenvalue weighted by atomic mass is 32.2. The van der Waals surface area contributed by atoms with Crippen molar-refractivity contribution in [3.05, 3.63) is 59.1 Å². The molecule has 0 atom stereocenters. The lowest BCUT2D eigenvalue weighted by molar-refractivity contribution is 0.697. The van der Waals surface area contributed by atoms with Crippen molar-refractivity contribution in [3.8, 4) is 0 Å². The number of fused-ring (bicyclic) bond motifs is 2. The first kappa shape index (κ1) is 18.2. The predicted octanol–water partition coefficient (Wildman–Crippen LogP) is 4.00. The molecule has 2 aromatic carbocycles. The lowest BCUT2D eigenvalue weighted by Gasteiger charge is -2.31. The van der Waals surface area contributed by atoms with E-state index in [2.05, 4.69) is 27.8 Å². The summed E-state index contributed by atoms with van der Waals surface area (Å²) in [5, 5.41) is 23.8. The largest absolute Gasteiger partial charge is 0.350 e. The number of hydrogen-bond donors (Lipinski definition) is 3. The van der Waals surface area contributed by atoms with Gasteiger partial charge in [-0.2, -0.15) is 4.68 Å². The van der Waals surface area contributed by atoms with Crippen LogP contribution in [0.15, 0.2) is 42.5 Å². The maximum Gasteiger partial charge on any atom is 0.157 e. The van der Waals surface area contributed by atoms with Crippen molar-refractivity contribution in [2.45, 2.75) is 25.8 Å². The molecule has 0 unspecified atom stereocenters. The molecule has 148 valence electrons. The summed E-state index contributed by atoms with van der Waals surface area (Å²) in [7, 11) is 0. The maximum atomic E-state index is 8.62. The molecule has 1 aliphatic heterocycles. The summed E-state index contributed by atoms with van der Waals surface area (Å²) >= 11 is 1.60. The minimum absolute atomic E-state index is 0.243. The summed E-state index contributed by atoms with van der Waals surface area (Å²) in [5.74, 6) is 1.56. The fourth-order valence-electron chi connectivity index (χ4n) is 4.05. The van der Waals surface area contributed by atoms with E-state index in [1.165, 1.54) is 11.1 Å². The number of rotatable bonds is 4. The number of nitrogens with one attached hydrogen (secondary N) is 3. The Kier molecular flexibility index (Phi) is 4.54. The molecule has 3 N–H and O–H groups in total. The Labute approximate surface area is 174 Å². The van der Waals surface area contributed by atoms with Crippen LogP contribution in [0.4, 0.5) is 11.5 Å². The van der Waals surface area contributed by atoms with Gasteiger partial charge in [-0.3, -0.25) is 10.8 Å². The second kappa shape index (κ2) is 7.22. The fourth-order valence-corrected chi connectivity index (χ4v) is 4.42. The second-order valence-electron chi connectivity index (χ2n) is 7.75. The summed E-state index contributed by atoms with van der Waals surface area (Å²) in [6.45, 7) is 1.66. The third-order valence-electron chi connectivity index (χ3n) is 5.76. The molecule has 5 rings (SSSR count). The van der Waals surface area contributed by atoms with Gasteiger partial charge in [0.1, 0.15) is 5.84 Å². The van der Waals surface area contributed by atoms with Crippen molar-refractivity contribution in [1.29, 1.82) is 10.8 Å². The Balaban J connectivity index is 1.59. The first-order valence-electron chi connectivity index (χ1n) is 9.97. The fraction of sp³-hybridized carbons (Fsp3) is 0.318. The lowest BCUT2D eigenvalue weighted by atomic mass is 9.99. The monoisotopic (exact) mass is 404 g/mol. The molecule has 0 spiro atoms. The molecule has 1 aromatic heterocycles. The van der Waals surface area contributed by atoms with Crippen LogP contribution in [0, 0.1) is 16.7 Å². The summed E-state index contributed by atoms with van der Waals surface area (Å²) in [6, 6.07) is 14.5. The van der Waals surface area contributed by atoms with E-state index in [1.807, 2.05) is 30.5 Å². The highest BCUT2D eigenvalue weighted by molar-refractivity contribution is 7.99. The number of benzene rings is 2. The second-order valence-corrected chi connectivity index (χ2v) is 8.36. The summed E-state index contributed by atoms with van der Waals surface area (Å²) < 4.78 is 4.87. The zero-order chi connectivity index (χ0) is 20.0. The molecule has 0 radical (unpaired) electrons. The zero-order valence-corrected chi connectivity index (χ0v) is 17.2. The smallest absolute Gasteiger partial charge is 0.157 e. The minimum Gasteiger partial charge on any atom is -0.350 e. The first-order chi connectivity index (χ1) is 14.2. The van der Waals surface area contributed by atoms with Crippen molar-refractivity contribution >= 4 is 40.1 Å². The van der Waals surface area contributed by atoms with Crippen molar-refractivity contribution < 1.29 is 0 Å². The molecule has 1 fully saturated rings. The third kappa shape index (κ3) is 3.29. The van der Waals surface area contributed by atoms with Crippen molar-refractivity contribution in [2.75, 3.05) is 22.4 Å². The van der Waals surface area contributed by atoms with Crippen LogP contribution in [-0.4, -0.2) is 28.4 Å². The van der Waals surface area contributed by atoms with Crippen molar-refractivity contribution in [1.82, 2.24) is 9.78 Å². The Morgan fingerprint density at radius 2 is 1.93 bits per heavy atom. The van der Waals surface area contributed by atoms with E-state index in [-0.39, 0.29) is 5.92 Å². The molecule has 3 aromatic rings. The van der Waals surface area contributed by atoms with Crippen LogP contribution in [0.5, 0.6) is 0 Å². The number of hydrogen-bond acceptors (Lipinski definition) is 6. The average Bonchev–Trinajstić information content (AvgIpc) is 3.59. The highest BCUT2D eigenvalue weighted by Crippen LogP contribution is 2.32. The topological polar surface area (TPSA) is 80.8 Å².